The second-order valence-electron chi connectivity index (χ2n) is 4.90. The van der Waals surface area contributed by atoms with Crippen molar-refractivity contribution < 1.29 is 9.84 Å². The van der Waals surface area contributed by atoms with E-state index in [0.717, 1.165) is 22.8 Å². The van der Waals surface area contributed by atoms with Crippen molar-refractivity contribution in [2.24, 2.45) is 7.05 Å². The molecule has 1 N–H and O–H groups in total. The lowest BCUT2D eigenvalue weighted by molar-refractivity contribution is 0.273. The van der Waals surface area contributed by atoms with Crippen LogP contribution in [0.3, 0.4) is 0 Å². The van der Waals surface area contributed by atoms with Gasteiger partial charge in [0.1, 0.15) is 11.6 Å². The van der Waals surface area contributed by atoms with Crippen molar-refractivity contribution in [3.63, 3.8) is 0 Å². The number of hydrogen-bond acceptors (Lipinski definition) is 3. The van der Waals surface area contributed by atoms with Crippen LogP contribution in [0.2, 0.25) is 0 Å². The highest BCUT2D eigenvalue weighted by atomic mass is 16.5. The van der Waals surface area contributed by atoms with Gasteiger partial charge < -0.3 is 14.4 Å². The number of nitrogens with zero attached hydrogens (tertiary/aromatic N) is 2. The Morgan fingerprint density at radius 1 is 1.37 bits per heavy atom. The molecule has 102 valence electrons. The van der Waals surface area contributed by atoms with Crippen LogP contribution in [0, 0.1) is 0 Å². The fourth-order valence-corrected chi connectivity index (χ4v) is 2.10. The second-order valence-corrected chi connectivity index (χ2v) is 4.90. The first kappa shape index (κ1) is 13.6. The summed E-state index contributed by atoms with van der Waals surface area (Å²) < 4.78 is 7.31. The summed E-state index contributed by atoms with van der Waals surface area (Å²) in [5.41, 5.74) is 2.98. The summed E-state index contributed by atoms with van der Waals surface area (Å²) in [5, 5.41) is 9.26. The maximum Gasteiger partial charge on any atom is 0.143 e. The fourth-order valence-electron chi connectivity index (χ4n) is 2.10. The minimum atomic E-state index is -0.0182. The number of rotatable bonds is 4. The minimum absolute atomic E-state index is 0.0182. The predicted octanol–water partition coefficient (Wildman–Crippen LogP) is 2.71. The molecule has 0 radical (unpaired) electrons. The molecule has 0 fully saturated rings. The molecule has 19 heavy (non-hydrogen) atoms. The van der Waals surface area contributed by atoms with Crippen LogP contribution in [0.25, 0.3) is 11.4 Å². The number of hydrogen-bond donors (Lipinski definition) is 1. The molecule has 0 aliphatic carbocycles. The average molecular weight is 260 g/mol. The Labute approximate surface area is 113 Å². The molecule has 0 saturated carbocycles. The van der Waals surface area contributed by atoms with Crippen molar-refractivity contribution in [2.45, 2.75) is 26.4 Å². The van der Waals surface area contributed by atoms with Gasteiger partial charge in [0.2, 0.25) is 0 Å². The fraction of sp³-hybridized carbons (Fsp3) is 0.400. The molecule has 0 amide bonds. The maximum atomic E-state index is 9.26. The molecule has 2 aromatic rings. The highest BCUT2D eigenvalue weighted by molar-refractivity contribution is 5.66. The molecule has 1 heterocycles. The molecular weight excluding hydrogens is 240 g/mol. The molecular formula is C15H20N2O2. The Morgan fingerprint density at radius 3 is 2.63 bits per heavy atom. The largest absolute Gasteiger partial charge is 0.496 e. The molecule has 1 aromatic heterocycles. The van der Waals surface area contributed by atoms with Gasteiger partial charge in [0.05, 0.1) is 31.2 Å². The molecule has 0 bridgehead atoms. The molecule has 0 unspecified atom stereocenters. The number of methoxy groups -OCH3 is 1. The number of aliphatic hydroxyl groups is 1. The number of imidazole rings is 1. The van der Waals surface area contributed by atoms with Gasteiger partial charge in [0.15, 0.2) is 0 Å². The first-order valence-corrected chi connectivity index (χ1v) is 6.38. The van der Waals surface area contributed by atoms with E-state index in [1.807, 2.05) is 17.7 Å². The van der Waals surface area contributed by atoms with Crippen LogP contribution in [0.5, 0.6) is 5.75 Å². The Balaban J connectivity index is 2.58. The van der Waals surface area contributed by atoms with Crippen molar-refractivity contribution in [1.29, 1.82) is 0 Å². The zero-order valence-corrected chi connectivity index (χ0v) is 11.8. The summed E-state index contributed by atoms with van der Waals surface area (Å²) in [6.07, 6.45) is 1.69. The van der Waals surface area contributed by atoms with Gasteiger partial charge in [-0.2, -0.15) is 0 Å². The summed E-state index contributed by atoms with van der Waals surface area (Å²) >= 11 is 0. The number of aliphatic hydroxyl groups excluding tert-OH is 1. The highest BCUT2D eigenvalue weighted by Gasteiger charge is 2.14. The topological polar surface area (TPSA) is 47.3 Å². The monoisotopic (exact) mass is 260 g/mol. The average Bonchev–Trinajstić information content (AvgIpc) is 2.78. The molecule has 4 heteroatoms. The second kappa shape index (κ2) is 5.45. The Kier molecular flexibility index (Phi) is 3.90. The van der Waals surface area contributed by atoms with Gasteiger partial charge >= 0.3 is 0 Å². The third-order valence-corrected chi connectivity index (χ3v) is 3.38. The lowest BCUT2D eigenvalue weighted by Gasteiger charge is -2.13. The zero-order chi connectivity index (χ0) is 14.0. The van der Waals surface area contributed by atoms with Crippen molar-refractivity contribution >= 4 is 0 Å². The van der Waals surface area contributed by atoms with Crippen LogP contribution < -0.4 is 4.74 Å². The van der Waals surface area contributed by atoms with Crippen LogP contribution in [-0.2, 0) is 13.7 Å². The van der Waals surface area contributed by atoms with Crippen molar-refractivity contribution in [3.05, 3.63) is 35.7 Å². The van der Waals surface area contributed by atoms with E-state index < -0.39 is 0 Å². The molecule has 0 aliphatic heterocycles. The maximum absolute atomic E-state index is 9.26. The summed E-state index contributed by atoms with van der Waals surface area (Å²) in [6.45, 7) is 4.29. The van der Waals surface area contributed by atoms with Gasteiger partial charge in [-0.15, -0.1) is 0 Å². The third-order valence-electron chi connectivity index (χ3n) is 3.38. The van der Waals surface area contributed by atoms with E-state index in [-0.39, 0.29) is 6.61 Å². The van der Waals surface area contributed by atoms with Crippen LogP contribution in [0.15, 0.2) is 24.4 Å². The van der Waals surface area contributed by atoms with E-state index in [0.29, 0.717) is 5.92 Å². The number of ether oxygens (including phenoxy) is 1. The van der Waals surface area contributed by atoms with Crippen LogP contribution in [-0.4, -0.2) is 21.8 Å². The van der Waals surface area contributed by atoms with E-state index >= 15 is 0 Å². The van der Waals surface area contributed by atoms with Gasteiger partial charge in [-0.3, -0.25) is 0 Å². The normalized spacial score (nSPS) is 11.1. The molecule has 0 spiro atoms. The van der Waals surface area contributed by atoms with Gasteiger partial charge in [0.25, 0.3) is 0 Å². The zero-order valence-electron chi connectivity index (χ0n) is 11.8. The van der Waals surface area contributed by atoms with Crippen molar-refractivity contribution in [3.8, 4) is 17.1 Å². The SMILES string of the molecule is COc1ccc(C(C)C)cc1-c1ncc(CO)n1C. The van der Waals surface area contributed by atoms with Crippen molar-refractivity contribution in [1.82, 2.24) is 9.55 Å². The summed E-state index contributed by atoms with van der Waals surface area (Å²) in [6, 6.07) is 6.15. The minimum Gasteiger partial charge on any atom is -0.496 e. The lowest BCUT2D eigenvalue weighted by Crippen LogP contribution is -2.00. The van der Waals surface area contributed by atoms with Crippen LogP contribution in [0.1, 0.15) is 31.0 Å². The third kappa shape index (κ3) is 2.49. The van der Waals surface area contributed by atoms with Gasteiger partial charge in [-0.25, -0.2) is 4.98 Å². The smallest absolute Gasteiger partial charge is 0.143 e. The lowest BCUT2D eigenvalue weighted by atomic mass is 10.00. The summed E-state index contributed by atoms with van der Waals surface area (Å²) in [5.74, 6) is 2.05. The summed E-state index contributed by atoms with van der Waals surface area (Å²) in [4.78, 5) is 4.39. The molecule has 0 atom stereocenters. The van der Waals surface area contributed by atoms with E-state index in [1.54, 1.807) is 13.3 Å². The first-order chi connectivity index (χ1) is 9.08. The first-order valence-electron chi connectivity index (χ1n) is 6.38. The van der Waals surface area contributed by atoms with Crippen molar-refractivity contribution in [2.75, 3.05) is 7.11 Å². The highest BCUT2D eigenvalue weighted by Crippen LogP contribution is 2.32. The molecule has 0 aliphatic rings. The number of aromatic nitrogens is 2. The van der Waals surface area contributed by atoms with E-state index in [1.165, 1.54) is 5.56 Å². The number of benzene rings is 1. The van der Waals surface area contributed by atoms with Gasteiger partial charge in [-0.05, 0) is 23.6 Å². The van der Waals surface area contributed by atoms with E-state index in [4.69, 9.17) is 4.74 Å². The Hall–Kier alpha value is -1.81. The van der Waals surface area contributed by atoms with Gasteiger partial charge in [-0.1, -0.05) is 19.9 Å². The van der Waals surface area contributed by atoms with Crippen LogP contribution in [0.4, 0.5) is 0 Å². The Bertz CT molecular complexity index is 574. The molecule has 4 nitrogen and oxygen atoms in total. The van der Waals surface area contributed by atoms with Gasteiger partial charge in [0, 0.05) is 7.05 Å². The van der Waals surface area contributed by atoms with E-state index in [2.05, 4.69) is 31.0 Å². The quantitative estimate of drug-likeness (QED) is 0.919. The van der Waals surface area contributed by atoms with E-state index in [9.17, 15) is 5.11 Å². The Morgan fingerprint density at radius 2 is 2.11 bits per heavy atom. The standard InChI is InChI=1S/C15H20N2O2/c1-10(2)11-5-6-14(19-4)13(7-11)15-16-8-12(9-18)17(15)3/h5-8,10,18H,9H2,1-4H3. The molecule has 2 rings (SSSR count). The molecule has 1 aromatic carbocycles. The van der Waals surface area contributed by atoms with Crippen LogP contribution >= 0.6 is 0 Å². The summed E-state index contributed by atoms with van der Waals surface area (Å²) in [7, 11) is 3.55. The molecule has 0 saturated heterocycles. The predicted molar refractivity (Wildman–Crippen MR) is 75.2 cm³/mol.